The average molecular weight is 361 g/mol. The van der Waals surface area contributed by atoms with E-state index in [1.165, 1.54) is 0 Å². The Bertz CT molecular complexity index is 905. The predicted octanol–water partition coefficient (Wildman–Crippen LogP) is 2.84. The van der Waals surface area contributed by atoms with E-state index in [9.17, 15) is 4.79 Å². The number of carbonyl (C=O) groups is 1. The number of ether oxygens (including phenoxy) is 2. The lowest BCUT2D eigenvalue weighted by atomic mass is 10.2. The monoisotopic (exact) mass is 360 g/mol. The molecule has 0 unspecified atom stereocenters. The lowest BCUT2D eigenvalue weighted by molar-refractivity contribution is -0.152. The third-order valence-corrected chi connectivity index (χ3v) is 3.75. The summed E-state index contributed by atoms with van der Waals surface area (Å²) in [7, 11) is 1.82. The number of carbonyl (C=O) groups excluding carboxylic acids is 1. The molecule has 8 heteroatoms. The minimum absolute atomic E-state index is 0.0725. The molecule has 7 nitrogen and oxygen atoms in total. The fraction of sp³-hybridized carbons (Fsp3) is 0.294. The van der Waals surface area contributed by atoms with E-state index < -0.39 is 12.1 Å². The number of aryl methyl sites for hydroxylation is 2. The first-order valence-corrected chi connectivity index (χ1v) is 8.07. The fourth-order valence-electron chi connectivity index (χ4n) is 2.39. The molecule has 0 radical (unpaired) electrons. The number of para-hydroxylation sites is 1. The third-order valence-electron chi connectivity index (χ3n) is 3.56. The number of hydrogen-bond donors (Lipinski definition) is 0. The van der Waals surface area contributed by atoms with Crippen molar-refractivity contribution < 1.29 is 14.3 Å². The molecule has 1 aromatic carbocycles. The number of rotatable bonds is 5. The smallest absolute Gasteiger partial charge is 0.347 e. The van der Waals surface area contributed by atoms with Crippen LogP contribution in [0.3, 0.4) is 0 Å². The van der Waals surface area contributed by atoms with Crippen molar-refractivity contribution in [2.75, 3.05) is 0 Å². The molecule has 0 N–H and O–H groups in total. The Morgan fingerprint density at radius 1 is 1.32 bits per heavy atom. The standard InChI is InChI=1S/C17H17ClN4O3/c1-10-8-14(18)20-15(19-10)9-24-17(23)11(2)25-16-12-6-4-5-7-13(12)22(3)21-16/h4-8,11H,9H2,1-3H3/t11-/m0/s1. The van der Waals surface area contributed by atoms with Gasteiger partial charge in [-0.2, -0.15) is 0 Å². The van der Waals surface area contributed by atoms with E-state index in [-0.39, 0.29) is 6.61 Å². The average Bonchev–Trinajstić information content (AvgIpc) is 2.88. The first kappa shape index (κ1) is 17.2. The fourth-order valence-corrected chi connectivity index (χ4v) is 2.65. The Morgan fingerprint density at radius 2 is 2.08 bits per heavy atom. The van der Waals surface area contributed by atoms with Gasteiger partial charge in [0.1, 0.15) is 5.15 Å². The van der Waals surface area contributed by atoms with Crippen LogP contribution in [-0.2, 0) is 23.2 Å². The van der Waals surface area contributed by atoms with Crippen LogP contribution in [0.2, 0.25) is 5.15 Å². The first-order valence-electron chi connectivity index (χ1n) is 7.69. The summed E-state index contributed by atoms with van der Waals surface area (Å²) < 4.78 is 12.6. The number of benzene rings is 1. The van der Waals surface area contributed by atoms with Crippen molar-refractivity contribution in [3.63, 3.8) is 0 Å². The van der Waals surface area contributed by atoms with Crippen molar-refractivity contribution in [3.05, 3.63) is 47.0 Å². The molecule has 0 saturated heterocycles. The molecule has 0 aliphatic carbocycles. The molecule has 0 fully saturated rings. The summed E-state index contributed by atoms with van der Waals surface area (Å²) in [6.07, 6.45) is -0.821. The second-order valence-corrected chi connectivity index (χ2v) is 5.95. The number of hydrogen-bond acceptors (Lipinski definition) is 6. The summed E-state index contributed by atoms with van der Waals surface area (Å²) in [6.45, 7) is 3.32. The van der Waals surface area contributed by atoms with Gasteiger partial charge in [0.25, 0.3) is 0 Å². The van der Waals surface area contributed by atoms with Gasteiger partial charge in [-0.1, -0.05) is 23.7 Å². The highest BCUT2D eigenvalue weighted by molar-refractivity contribution is 6.29. The quantitative estimate of drug-likeness (QED) is 0.514. The van der Waals surface area contributed by atoms with E-state index in [4.69, 9.17) is 21.1 Å². The van der Waals surface area contributed by atoms with Crippen LogP contribution in [-0.4, -0.2) is 31.8 Å². The van der Waals surface area contributed by atoms with E-state index in [1.54, 1.807) is 24.6 Å². The van der Waals surface area contributed by atoms with Gasteiger partial charge in [0.15, 0.2) is 18.5 Å². The molecule has 3 aromatic rings. The lowest BCUT2D eigenvalue weighted by Gasteiger charge is -2.12. The van der Waals surface area contributed by atoms with Gasteiger partial charge >= 0.3 is 5.97 Å². The summed E-state index contributed by atoms with van der Waals surface area (Å²) in [4.78, 5) is 20.3. The molecular formula is C17H17ClN4O3. The summed E-state index contributed by atoms with van der Waals surface area (Å²) in [5.41, 5.74) is 1.62. The molecule has 2 aromatic heterocycles. The van der Waals surface area contributed by atoms with Crippen molar-refractivity contribution in [1.29, 1.82) is 0 Å². The van der Waals surface area contributed by atoms with Gasteiger partial charge in [0, 0.05) is 12.7 Å². The van der Waals surface area contributed by atoms with Crippen LogP contribution in [0.5, 0.6) is 5.88 Å². The Hall–Kier alpha value is -2.67. The van der Waals surface area contributed by atoms with Crippen molar-refractivity contribution in [2.45, 2.75) is 26.6 Å². The van der Waals surface area contributed by atoms with Crippen LogP contribution in [0.25, 0.3) is 10.9 Å². The highest BCUT2D eigenvalue weighted by atomic mass is 35.5. The Kier molecular flexibility index (Phi) is 4.85. The molecule has 0 aliphatic rings. The molecule has 3 rings (SSSR count). The normalized spacial score (nSPS) is 12.2. The van der Waals surface area contributed by atoms with Crippen LogP contribution in [0.1, 0.15) is 18.4 Å². The topological polar surface area (TPSA) is 79.1 Å². The number of aromatic nitrogens is 4. The molecule has 25 heavy (non-hydrogen) atoms. The predicted molar refractivity (Wildman–Crippen MR) is 92.4 cm³/mol. The zero-order valence-corrected chi connectivity index (χ0v) is 14.8. The Morgan fingerprint density at radius 3 is 2.84 bits per heavy atom. The largest absolute Gasteiger partial charge is 0.461 e. The number of esters is 1. The van der Waals surface area contributed by atoms with Gasteiger partial charge in [0.05, 0.1) is 10.9 Å². The minimum atomic E-state index is -0.821. The molecule has 130 valence electrons. The molecular weight excluding hydrogens is 344 g/mol. The SMILES string of the molecule is Cc1cc(Cl)nc(COC(=O)[C@H](C)Oc2nn(C)c3ccccc23)n1. The maximum Gasteiger partial charge on any atom is 0.347 e. The molecule has 0 bridgehead atoms. The highest BCUT2D eigenvalue weighted by Gasteiger charge is 2.20. The van der Waals surface area contributed by atoms with E-state index in [1.807, 2.05) is 31.3 Å². The molecule has 0 saturated carbocycles. The van der Waals surface area contributed by atoms with Gasteiger partial charge in [-0.15, -0.1) is 5.10 Å². The first-order chi connectivity index (χ1) is 11.9. The van der Waals surface area contributed by atoms with E-state index >= 15 is 0 Å². The van der Waals surface area contributed by atoms with E-state index in [2.05, 4.69) is 15.1 Å². The van der Waals surface area contributed by atoms with Crippen LogP contribution in [0.4, 0.5) is 0 Å². The second kappa shape index (κ2) is 7.06. The van der Waals surface area contributed by atoms with Crippen molar-refractivity contribution in [1.82, 2.24) is 19.7 Å². The zero-order valence-electron chi connectivity index (χ0n) is 14.1. The van der Waals surface area contributed by atoms with E-state index in [0.717, 1.165) is 10.9 Å². The van der Waals surface area contributed by atoms with Gasteiger partial charge in [-0.05, 0) is 32.0 Å². The number of nitrogens with zero attached hydrogens (tertiary/aromatic N) is 4. The van der Waals surface area contributed by atoms with Gasteiger partial charge in [-0.25, -0.2) is 14.8 Å². The van der Waals surface area contributed by atoms with Gasteiger partial charge in [-0.3, -0.25) is 4.68 Å². The van der Waals surface area contributed by atoms with Crippen molar-refractivity contribution >= 4 is 28.5 Å². The number of fused-ring (bicyclic) bond motifs is 1. The minimum Gasteiger partial charge on any atom is -0.461 e. The highest BCUT2D eigenvalue weighted by Crippen LogP contribution is 2.24. The molecule has 0 amide bonds. The molecule has 0 spiro atoms. The molecule has 2 heterocycles. The molecule has 1 atom stereocenters. The van der Waals surface area contributed by atoms with E-state index in [0.29, 0.717) is 22.6 Å². The van der Waals surface area contributed by atoms with Crippen LogP contribution in [0, 0.1) is 6.92 Å². The summed E-state index contributed by atoms with van der Waals surface area (Å²) >= 11 is 5.87. The van der Waals surface area contributed by atoms with Crippen LogP contribution in [0.15, 0.2) is 30.3 Å². The second-order valence-electron chi connectivity index (χ2n) is 5.56. The maximum atomic E-state index is 12.2. The lowest BCUT2D eigenvalue weighted by Crippen LogP contribution is -2.26. The van der Waals surface area contributed by atoms with Crippen molar-refractivity contribution in [2.24, 2.45) is 7.05 Å². The zero-order chi connectivity index (χ0) is 18.0. The van der Waals surface area contributed by atoms with Crippen molar-refractivity contribution in [3.8, 4) is 5.88 Å². The Balaban J connectivity index is 1.66. The Labute approximate surface area is 149 Å². The van der Waals surface area contributed by atoms with Crippen LogP contribution >= 0.6 is 11.6 Å². The number of halogens is 1. The van der Waals surface area contributed by atoms with Gasteiger partial charge in [0.2, 0.25) is 5.88 Å². The maximum absolute atomic E-state index is 12.2. The summed E-state index contributed by atoms with van der Waals surface area (Å²) in [5.74, 6) is 0.196. The molecule has 0 aliphatic heterocycles. The van der Waals surface area contributed by atoms with Crippen LogP contribution < -0.4 is 4.74 Å². The summed E-state index contributed by atoms with van der Waals surface area (Å²) in [6, 6.07) is 9.25. The van der Waals surface area contributed by atoms with Gasteiger partial charge < -0.3 is 9.47 Å². The third kappa shape index (κ3) is 3.88. The summed E-state index contributed by atoms with van der Waals surface area (Å²) in [5, 5.41) is 5.44.